The van der Waals surface area contributed by atoms with Gasteiger partial charge in [-0.1, -0.05) is 12.1 Å². The number of aliphatic imine (C=N–C) groups is 1. The minimum Gasteiger partial charge on any atom is -0.444 e. The van der Waals surface area contributed by atoms with Gasteiger partial charge in [-0.15, -0.1) is 24.0 Å². The van der Waals surface area contributed by atoms with Crippen molar-refractivity contribution in [1.82, 2.24) is 15.6 Å². The molecule has 1 heterocycles. The largest absolute Gasteiger partial charge is 0.444 e. The monoisotopic (exact) mass is 543 g/mol. The second-order valence-electron chi connectivity index (χ2n) is 7.63. The molecule has 9 heteroatoms. The van der Waals surface area contributed by atoms with E-state index in [0.717, 1.165) is 12.0 Å². The van der Waals surface area contributed by atoms with Crippen LogP contribution in [0.2, 0.25) is 0 Å². The number of hydrogen-bond acceptors (Lipinski definition) is 4. The number of carbonyl (C=O) groups is 1. The van der Waals surface area contributed by atoms with Crippen molar-refractivity contribution in [2.24, 2.45) is 4.99 Å². The number of hydrogen-bond donors (Lipinski definition) is 3. The summed E-state index contributed by atoms with van der Waals surface area (Å²) < 4.78 is 18.9. The van der Waals surface area contributed by atoms with Crippen molar-refractivity contribution in [3.63, 3.8) is 0 Å². The highest BCUT2D eigenvalue weighted by atomic mass is 127. The van der Waals surface area contributed by atoms with Gasteiger partial charge in [-0.25, -0.2) is 14.2 Å². The Balaban J connectivity index is 0.00000480. The van der Waals surface area contributed by atoms with Gasteiger partial charge in [-0.2, -0.15) is 0 Å². The molecule has 7 nitrogen and oxygen atoms in total. The van der Waals surface area contributed by atoms with Gasteiger partial charge in [0, 0.05) is 25.0 Å². The molecule has 31 heavy (non-hydrogen) atoms. The summed E-state index contributed by atoms with van der Waals surface area (Å²) in [5.41, 5.74) is 1.55. The van der Waals surface area contributed by atoms with E-state index in [1.165, 1.54) is 6.07 Å². The van der Waals surface area contributed by atoms with Crippen LogP contribution in [0.3, 0.4) is 0 Å². The molecule has 0 unspecified atom stereocenters. The zero-order valence-corrected chi connectivity index (χ0v) is 20.7. The Labute approximate surface area is 200 Å². The van der Waals surface area contributed by atoms with E-state index in [1.54, 1.807) is 12.3 Å². The number of ether oxygens (including phenoxy) is 1. The third-order valence-corrected chi connectivity index (χ3v) is 3.87. The summed E-state index contributed by atoms with van der Waals surface area (Å²) in [5.74, 6) is 0.239. The van der Waals surface area contributed by atoms with Crippen LogP contribution in [0, 0.1) is 5.82 Å². The molecule has 1 amide bonds. The lowest BCUT2D eigenvalue weighted by Crippen LogP contribution is -2.38. The third kappa shape index (κ3) is 10.4. The van der Waals surface area contributed by atoms with Crippen LogP contribution in [0.25, 0.3) is 0 Å². The van der Waals surface area contributed by atoms with Crippen molar-refractivity contribution in [3.05, 3.63) is 59.7 Å². The van der Waals surface area contributed by atoms with Crippen LogP contribution in [0.4, 0.5) is 14.9 Å². The van der Waals surface area contributed by atoms with E-state index < -0.39 is 11.7 Å². The highest BCUT2D eigenvalue weighted by molar-refractivity contribution is 14.0. The van der Waals surface area contributed by atoms with Crippen LogP contribution >= 0.6 is 24.0 Å². The van der Waals surface area contributed by atoms with Gasteiger partial charge in [0.15, 0.2) is 5.96 Å². The molecule has 1 aromatic carbocycles. The maximum absolute atomic E-state index is 13.7. The number of nitrogens with one attached hydrogen (secondary N) is 3. The molecule has 0 bridgehead atoms. The van der Waals surface area contributed by atoms with E-state index in [-0.39, 0.29) is 36.3 Å². The molecule has 1 aromatic heterocycles. The van der Waals surface area contributed by atoms with E-state index in [2.05, 4.69) is 25.9 Å². The maximum Gasteiger partial charge on any atom is 0.412 e. The summed E-state index contributed by atoms with van der Waals surface area (Å²) in [4.78, 5) is 20.2. The third-order valence-electron chi connectivity index (χ3n) is 3.87. The first-order valence-electron chi connectivity index (χ1n) is 9.97. The zero-order chi connectivity index (χ0) is 22.0. The predicted octanol–water partition coefficient (Wildman–Crippen LogP) is 4.48. The fraction of sp³-hybridized carbons (Fsp3) is 0.409. The lowest BCUT2D eigenvalue weighted by atomic mass is 10.1. The van der Waals surface area contributed by atoms with Crippen LogP contribution in [0.15, 0.2) is 47.6 Å². The van der Waals surface area contributed by atoms with Crippen LogP contribution in [-0.2, 0) is 17.7 Å². The van der Waals surface area contributed by atoms with E-state index >= 15 is 0 Å². The number of guanidine groups is 1. The van der Waals surface area contributed by atoms with E-state index in [0.29, 0.717) is 30.4 Å². The first-order valence-corrected chi connectivity index (χ1v) is 9.97. The van der Waals surface area contributed by atoms with E-state index in [1.807, 2.05) is 52.0 Å². The number of aromatic nitrogens is 1. The molecule has 0 aliphatic heterocycles. The molecular weight excluding hydrogens is 512 g/mol. The standard InChI is InChI=1S/C22H30FN5O2.HI/c1-5-24-20(27-15-19-18(23)7-6-13-25-19)26-14-12-16-8-10-17(11-9-16)28-21(29)30-22(2,3)4;/h6-11,13H,5,12,14-15H2,1-4H3,(H,28,29)(H2,24,26,27);1H. The fourth-order valence-corrected chi connectivity index (χ4v) is 2.53. The predicted molar refractivity (Wildman–Crippen MR) is 132 cm³/mol. The minimum atomic E-state index is -0.538. The Morgan fingerprint density at radius 3 is 2.48 bits per heavy atom. The summed E-state index contributed by atoms with van der Waals surface area (Å²) in [6.07, 6.45) is 1.83. The lowest BCUT2D eigenvalue weighted by molar-refractivity contribution is 0.0636. The molecule has 0 spiro atoms. The SMILES string of the molecule is CCNC(=NCc1ncccc1F)NCCc1ccc(NC(=O)OC(C)(C)C)cc1.I. The van der Waals surface area contributed by atoms with Crippen molar-refractivity contribution < 1.29 is 13.9 Å². The van der Waals surface area contributed by atoms with Crippen molar-refractivity contribution in [2.45, 2.75) is 46.3 Å². The lowest BCUT2D eigenvalue weighted by Gasteiger charge is -2.19. The molecular formula is C22H31FIN5O2. The number of carbonyl (C=O) groups excluding carboxylic acids is 1. The average molecular weight is 543 g/mol. The molecule has 170 valence electrons. The van der Waals surface area contributed by atoms with Gasteiger partial charge in [-0.05, 0) is 63.9 Å². The van der Waals surface area contributed by atoms with Gasteiger partial charge in [0.05, 0.1) is 12.2 Å². The number of halogens is 2. The number of nitrogens with zero attached hydrogens (tertiary/aromatic N) is 2. The number of amides is 1. The number of rotatable bonds is 7. The molecule has 0 fully saturated rings. The maximum atomic E-state index is 13.7. The van der Waals surface area contributed by atoms with Gasteiger partial charge in [0.1, 0.15) is 11.4 Å². The molecule has 0 atom stereocenters. The van der Waals surface area contributed by atoms with Crippen molar-refractivity contribution >= 4 is 41.7 Å². The summed E-state index contributed by atoms with van der Waals surface area (Å²) in [7, 11) is 0. The van der Waals surface area contributed by atoms with Gasteiger partial charge >= 0.3 is 6.09 Å². The second-order valence-corrected chi connectivity index (χ2v) is 7.63. The summed E-state index contributed by atoms with van der Waals surface area (Å²) in [6, 6.07) is 10.5. The molecule has 0 saturated heterocycles. The molecule has 2 rings (SSSR count). The molecule has 0 aliphatic rings. The van der Waals surface area contributed by atoms with Crippen LogP contribution in [0.5, 0.6) is 0 Å². The smallest absolute Gasteiger partial charge is 0.412 e. The fourth-order valence-electron chi connectivity index (χ4n) is 2.53. The Morgan fingerprint density at radius 1 is 1.16 bits per heavy atom. The molecule has 3 N–H and O–H groups in total. The summed E-state index contributed by atoms with van der Waals surface area (Å²) >= 11 is 0. The zero-order valence-electron chi connectivity index (χ0n) is 18.4. The van der Waals surface area contributed by atoms with Gasteiger partial charge in [-0.3, -0.25) is 10.3 Å². The normalized spacial score (nSPS) is 11.3. The van der Waals surface area contributed by atoms with Gasteiger partial charge in [0.25, 0.3) is 0 Å². The van der Waals surface area contributed by atoms with Crippen molar-refractivity contribution in [1.29, 1.82) is 0 Å². The Morgan fingerprint density at radius 2 is 1.87 bits per heavy atom. The Bertz CT molecular complexity index is 854. The average Bonchev–Trinajstić information content (AvgIpc) is 2.67. The summed E-state index contributed by atoms with van der Waals surface area (Å²) in [5, 5.41) is 9.08. The quantitative estimate of drug-likeness (QED) is 0.272. The second kappa shape index (κ2) is 13.1. The number of pyridine rings is 1. The molecule has 0 saturated carbocycles. The first-order chi connectivity index (χ1) is 14.3. The highest BCUT2D eigenvalue weighted by Gasteiger charge is 2.16. The topological polar surface area (TPSA) is 87.6 Å². The van der Waals surface area contributed by atoms with Gasteiger partial charge < -0.3 is 15.4 Å². The molecule has 0 aliphatic carbocycles. The van der Waals surface area contributed by atoms with Crippen LogP contribution < -0.4 is 16.0 Å². The Hall–Kier alpha value is -2.43. The first kappa shape index (κ1) is 26.6. The number of anilines is 1. The van der Waals surface area contributed by atoms with Crippen molar-refractivity contribution in [2.75, 3.05) is 18.4 Å². The highest BCUT2D eigenvalue weighted by Crippen LogP contribution is 2.13. The van der Waals surface area contributed by atoms with Crippen LogP contribution in [-0.4, -0.2) is 35.7 Å². The van der Waals surface area contributed by atoms with Gasteiger partial charge in [0.2, 0.25) is 0 Å². The minimum absolute atomic E-state index is 0. The number of benzene rings is 1. The molecule has 0 radical (unpaired) electrons. The Kier molecular flexibility index (Phi) is 11.2. The van der Waals surface area contributed by atoms with E-state index in [9.17, 15) is 9.18 Å². The van der Waals surface area contributed by atoms with Crippen LogP contribution in [0.1, 0.15) is 39.0 Å². The summed E-state index contributed by atoms with van der Waals surface area (Å²) in [6.45, 7) is 8.93. The van der Waals surface area contributed by atoms with Crippen molar-refractivity contribution in [3.8, 4) is 0 Å². The van der Waals surface area contributed by atoms with E-state index in [4.69, 9.17) is 4.74 Å². The molecule has 2 aromatic rings.